The third kappa shape index (κ3) is 4.92. The van der Waals surface area contributed by atoms with Crippen LogP contribution in [0, 0.1) is 5.92 Å². The molecule has 1 aliphatic heterocycles. The number of piperidine rings is 1. The molecule has 0 spiro atoms. The van der Waals surface area contributed by atoms with Gasteiger partial charge >= 0.3 is 0 Å². The molecule has 0 aromatic heterocycles. The second kappa shape index (κ2) is 8.23. The van der Waals surface area contributed by atoms with Crippen LogP contribution in [0.4, 0.5) is 0 Å². The summed E-state index contributed by atoms with van der Waals surface area (Å²) in [6, 6.07) is 6.12. The zero-order valence-electron chi connectivity index (χ0n) is 11.3. The largest absolute Gasteiger partial charge is 0.352 e. The minimum Gasteiger partial charge on any atom is -0.352 e. The predicted molar refractivity (Wildman–Crippen MR) is 88.4 cm³/mol. The van der Waals surface area contributed by atoms with E-state index in [1.807, 2.05) is 18.2 Å². The molecule has 1 aliphatic rings. The first kappa shape index (κ1) is 17.8. The molecule has 1 aromatic rings. The highest BCUT2D eigenvalue weighted by atomic mass is 79.9. The van der Waals surface area contributed by atoms with Gasteiger partial charge in [-0.15, -0.1) is 12.4 Å². The minimum atomic E-state index is 0. The number of rotatable bonds is 3. The van der Waals surface area contributed by atoms with Crippen molar-refractivity contribution in [1.29, 1.82) is 0 Å². The summed E-state index contributed by atoms with van der Waals surface area (Å²) in [6.45, 7) is 3.52. The van der Waals surface area contributed by atoms with Crippen molar-refractivity contribution < 1.29 is 4.79 Å². The van der Waals surface area contributed by atoms with Gasteiger partial charge < -0.3 is 10.6 Å². The smallest absolute Gasteiger partial charge is 0.223 e. The number of carbonyl (C=O) groups excluding carboxylic acids is 1. The van der Waals surface area contributed by atoms with Crippen LogP contribution in [0.1, 0.15) is 25.3 Å². The van der Waals surface area contributed by atoms with Crippen molar-refractivity contribution in [2.75, 3.05) is 6.54 Å². The van der Waals surface area contributed by atoms with Crippen LogP contribution in [0.5, 0.6) is 0 Å². The standard InChI is InChI=1S/C14H18BrClN2O.ClH/c1-9-6-10(4-5-17-9)14(19)18-8-11-2-3-12(15)7-13(11)16;/h2-3,7,9-10,17H,4-6,8H2,1H3,(H,18,19);1H/t9-,10-;/m0./s1. The predicted octanol–water partition coefficient (Wildman–Crippen LogP) is 3.53. The fraction of sp³-hybridized carbons (Fsp3) is 0.500. The van der Waals surface area contributed by atoms with Crippen molar-refractivity contribution >= 4 is 45.8 Å². The Morgan fingerprint density at radius 3 is 2.95 bits per heavy atom. The summed E-state index contributed by atoms with van der Waals surface area (Å²) in [5.41, 5.74) is 0.945. The molecule has 1 amide bonds. The van der Waals surface area contributed by atoms with Crippen LogP contribution in [0.25, 0.3) is 0 Å². The molecule has 20 heavy (non-hydrogen) atoms. The highest BCUT2D eigenvalue weighted by molar-refractivity contribution is 9.10. The van der Waals surface area contributed by atoms with E-state index in [1.165, 1.54) is 0 Å². The molecule has 1 aromatic carbocycles. The summed E-state index contributed by atoms with van der Waals surface area (Å²) < 4.78 is 0.944. The molecular formula is C14H19BrCl2N2O. The Kier molecular flexibility index (Phi) is 7.30. The average Bonchev–Trinajstić information content (AvgIpc) is 2.37. The fourth-order valence-electron chi connectivity index (χ4n) is 2.36. The van der Waals surface area contributed by atoms with Crippen LogP contribution in [0.15, 0.2) is 22.7 Å². The summed E-state index contributed by atoms with van der Waals surface area (Å²) >= 11 is 9.50. The maximum absolute atomic E-state index is 12.1. The first-order valence-corrected chi connectivity index (χ1v) is 7.68. The van der Waals surface area contributed by atoms with E-state index in [4.69, 9.17) is 11.6 Å². The van der Waals surface area contributed by atoms with Crippen molar-refractivity contribution in [3.63, 3.8) is 0 Å². The van der Waals surface area contributed by atoms with Crippen LogP contribution < -0.4 is 10.6 Å². The van der Waals surface area contributed by atoms with E-state index in [0.717, 1.165) is 29.4 Å². The first-order valence-electron chi connectivity index (χ1n) is 6.51. The lowest BCUT2D eigenvalue weighted by atomic mass is 9.92. The molecule has 1 heterocycles. The van der Waals surface area contributed by atoms with Crippen LogP contribution in [0.2, 0.25) is 5.02 Å². The van der Waals surface area contributed by atoms with E-state index in [0.29, 0.717) is 17.6 Å². The molecule has 0 aliphatic carbocycles. The fourth-order valence-corrected chi connectivity index (χ4v) is 3.10. The lowest BCUT2D eigenvalue weighted by molar-refractivity contribution is -0.126. The lowest BCUT2D eigenvalue weighted by Crippen LogP contribution is -2.42. The van der Waals surface area contributed by atoms with Crippen LogP contribution in [-0.4, -0.2) is 18.5 Å². The maximum atomic E-state index is 12.1. The molecule has 6 heteroatoms. The SMILES string of the molecule is C[C@H]1C[C@@H](C(=O)NCc2ccc(Br)cc2Cl)CCN1.Cl. The Balaban J connectivity index is 0.00000200. The summed E-state index contributed by atoms with van der Waals surface area (Å²) in [5.74, 6) is 0.248. The highest BCUT2D eigenvalue weighted by Crippen LogP contribution is 2.22. The topological polar surface area (TPSA) is 41.1 Å². The van der Waals surface area contributed by atoms with Gasteiger partial charge in [0.1, 0.15) is 0 Å². The number of halogens is 3. The summed E-state index contributed by atoms with van der Waals surface area (Å²) in [5, 5.41) is 7.01. The van der Waals surface area contributed by atoms with Gasteiger partial charge in [0, 0.05) is 28.0 Å². The molecule has 112 valence electrons. The van der Waals surface area contributed by atoms with E-state index < -0.39 is 0 Å². The highest BCUT2D eigenvalue weighted by Gasteiger charge is 2.24. The maximum Gasteiger partial charge on any atom is 0.223 e. The molecule has 1 fully saturated rings. The molecule has 0 radical (unpaired) electrons. The van der Waals surface area contributed by atoms with Crippen LogP contribution in [-0.2, 0) is 11.3 Å². The van der Waals surface area contributed by atoms with Crippen molar-refractivity contribution in [2.45, 2.75) is 32.4 Å². The van der Waals surface area contributed by atoms with Crippen molar-refractivity contribution in [1.82, 2.24) is 10.6 Å². The Bertz CT molecular complexity index is 470. The van der Waals surface area contributed by atoms with Gasteiger partial charge in [-0.05, 0) is 44.0 Å². The molecule has 2 N–H and O–H groups in total. The van der Waals surface area contributed by atoms with Gasteiger partial charge in [0.2, 0.25) is 5.91 Å². The van der Waals surface area contributed by atoms with Crippen molar-refractivity contribution in [2.24, 2.45) is 5.92 Å². The third-order valence-electron chi connectivity index (χ3n) is 3.46. The van der Waals surface area contributed by atoms with Gasteiger partial charge in [-0.3, -0.25) is 4.79 Å². The lowest BCUT2D eigenvalue weighted by Gasteiger charge is -2.27. The quantitative estimate of drug-likeness (QED) is 0.840. The number of benzene rings is 1. The Hall–Kier alpha value is -0.290. The zero-order chi connectivity index (χ0) is 13.8. The van der Waals surface area contributed by atoms with E-state index >= 15 is 0 Å². The molecule has 3 nitrogen and oxygen atoms in total. The molecule has 2 atom stereocenters. The summed E-state index contributed by atoms with van der Waals surface area (Å²) in [6.07, 6.45) is 1.81. The normalized spacial score (nSPS) is 21.9. The van der Waals surface area contributed by atoms with E-state index in [-0.39, 0.29) is 24.2 Å². The summed E-state index contributed by atoms with van der Waals surface area (Å²) in [7, 11) is 0. The van der Waals surface area contributed by atoms with Crippen LogP contribution in [0.3, 0.4) is 0 Å². The first-order chi connectivity index (χ1) is 9.06. The summed E-state index contributed by atoms with van der Waals surface area (Å²) in [4.78, 5) is 12.1. The second-order valence-corrected chi connectivity index (χ2v) is 6.35. The number of carbonyl (C=O) groups is 1. The van der Waals surface area contributed by atoms with Crippen molar-refractivity contribution in [3.05, 3.63) is 33.3 Å². The second-order valence-electron chi connectivity index (χ2n) is 5.03. The van der Waals surface area contributed by atoms with Gasteiger partial charge in [0.15, 0.2) is 0 Å². The van der Waals surface area contributed by atoms with E-state index in [2.05, 4.69) is 33.5 Å². The Labute approximate surface area is 139 Å². The molecule has 0 saturated carbocycles. The van der Waals surface area contributed by atoms with Gasteiger partial charge in [0.05, 0.1) is 0 Å². The number of amides is 1. The Morgan fingerprint density at radius 1 is 1.55 bits per heavy atom. The zero-order valence-corrected chi connectivity index (χ0v) is 14.4. The number of hydrogen-bond acceptors (Lipinski definition) is 2. The molecular weight excluding hydrogens is 363 g/mol. The molecule has 1 saturated heterocycles. The van der Waals surface area contributed by atoms with Gasteiger partial charge in [-0.1, -0.05) is 33.6 Å². The van der Waals surface area contributed by atoms with Crippen LogP contribution >= 0.6 is 39.9 Å². The number of nitrogens with one attached hydrogen (secondary N) is 2. The Morgan fingerprint density at radius 2 is 2.30 bits per heavy atom. The van der Waals surface area contributed by atoms with Gasteiger partial charge in [0.25, 0.3) is 0 Å². The molecule has 0 bridgehead atoms. The van der Waals surface area contributed by atoms with Gasteiger partial charge in [-0.25, -0.2) is 0 Å². The third-order valence-corrected chi connectivity index (χ3v) is 4.31. The molecule has 0 unspecified atom stereocenters. The number of hydrogen-bond donors (Lipinski definition) is 2. The van der Waals surface area contributed by atoms with Gasteiger partial charge in [-0.2, -0.15) is 0 Å². The average molecular weight is 382 g/mol. The van der Waals surface area contributed by atoms with E-state index in [1.54, 1.807) is 0 Å². The molecule has 2 rings (SSSR count). The monoisotopic (exact) mass is 380 g/mol. The van der Waals surface area contributed by atoms with E-state index in [9.17, 15) is 4.79 Å². The minimum absolute atomic E-state index is 0. The van der Waals surface area contributed by atoms with Crippen molar-refractivity contribution in [3.8, 4) is 0 Å².